The van der Waals surface area contributed by atoms with Crippen LogP contribution in [0.25, 0.3) is 21.5 Å². The average molecular weight is 205 g/mol. The van der Waals surface area contributed by atoms with Gasteiger partial charge in [-0.2, -0.15) is 0 Å². The van der Waals surface area contributed by atoms with Crippen molar-refractivity contribution in [1.82, 2.24) is 0 Å². The number of aldehydes is 1. The Morgan fingerprint density at radius 2 is 1.81 bits per heavy atom. The predicted molar refractivity (Wildman–Crippen MR) is 65.7 cm³/mol. The number of benzene rings is 3. The maximum absolute atomic E-state index is 11.2. The minimum absolute atomic E-state index is 0.766. The van der Waals surface area contributed by atoms with Crippen LogP contribution in [0.5, 0.6) is 0 Å². The van der Waals surface area contributed by atoms with Gasteiger partial charge in [0.1, 0.15) is 0 Å². The molecular formula is C15H9O. The van der Waals surface area contributed by atoms with E-state index in [1.165, 1.54) is 0 Å². The Balaban J connectivity index is 2.61. The number of carbonyl (C=O) groups excluding carboxylic acids is 1. The van der Waals surface area contributed by atoms with Crippen molar-refractivity contribution in [1.29, 1.82) is 0 Å². The Labute approximate surface area is 93.3 Å². The fourth-order valence-electron chi connectivity index (χ4n) is 2.12. The van der Waals surface area contributed by atoms with Crippen molar-refractivity contribution in [3.05, 3.63) is 60.2 Å². The molecule has 0 amide bonds. The van der Waals surface area contributed by atoms with E-state index < -0.39 is 0 Å². The van der Waals surface area contributed by atoms with Crippen LogP contribution in [0.3, 0.4) is 0 Å². The van der Waals surface area contributed by atoms with E-state index in [1.54, 1.807) is 0 Å². The minimum atomic E-state index is 0.766. The maximum Gasteiger partial charge on any atom is 0.151 e. The van der Waals surface area contributed by atoms with E-state index in [0.29, 0.717) is 0 Å². The standard InChI is InChI=1S/C15H9O/c16-10-15-13-7-3-1-5-11(13)9-12-6-2-4-8-14(12)15/h1,3-10H. The molecule has 0 spiro atoms. The van der Waals surface area contributed by atoms with E-state index in [1.807, 2.05) is 42.5 Å². The Morgan fingerprint density at radius 1 is 1.00 bits per heavy atom. The van der Waals surface area contributed by atoms with Crippen molar-refractivity contribution in [2.24, 2.45) is 0 Å². The normalized spacial score (nSPS) is 10.8. The van der Waals surface area contributed by atoms with Crippen LogP contribution >= 0.6 is 0 Å². The third-order valence-corrected chi connectivity index (χ3v) is 2.87. The minimum Gasteiger partial charge on any atom is -0.298 e. The summed E-state index contributed by atoms with van der Waals surface area (Å²) in [7, 11) is 0. The average Bonchev–Trinajstić information content (AvgIpc) is 2.36. The molecule has 3 rings (SSSR count). The molecule has 1 nitrogen and oxygen atoms in total. The van der Waals surface area contributed by atoms with Crippen molar-refractivity contribution in [2.45, 2.75) is 0 Å². The van der Waals surface area contributed by atoms with E-state index in [2.05, 4.69) is 12.1 Å². The summed E-state index contributed by atoms with van der Waals surface area (Å²) in [6.07, 6.45) is 0.935. The second kappa shape index (κ2) is 3.46. The molecular weight excluding hydrogens is 196 g/mol. The quantitative estimate of drug-likeness (QED) is 0.438. The Morgan fingerprint density at radius 3 is 2.69 bits per heavy atom. The third kappa shape index (κ3) is 1.22. The molecule has 16 heavy (non-hydrogen) atoms. The second-order valence-electron chi connectivity index (χ2n) is 3.78. The molecule has 0 N–H and O–H groups in total. The van der Waals surface area contributed by atoms with Crippen LogP contribution in [0.2, 0.25) is 0 Å². The number of rotatable bonds is 1. The van der Waals surface area contributed by atoms with Crippen LogP contribution < -0.4 is 0 Å². The molecule has 3 aromatic carbocycles. The van der Waals surface area contributed by atoms with E-state index in [9.17, 15) is 4.79 Å². The molecule has 0 bridgehead atoms. The molecule has 0 aliphatic heterocycles. The van der Waals surface area contributed by atoms with Gasteiger partial charge in [0.2, 0.25) is 0 Å². The summed E-state index contributed by atoms with van der Waals surface area (Å²) in [6, 6.07) is 18.8. The highest BCUT2D eigenvalue weighted by Gasteiger charge is 2.05. The number of hydrogen-bond acceptors (Lipinski definition) is 1. The van der Waals surface area contributed by atoms with Gasteiger partial charge in [-0.15, -0.1) is 0 Å². The molecule has 0 saturated heterocycles. The van der Waals surface area contributed by atoms with Gasteiger partial charge >= 0.3 is 0 Å². The molecule has 0 unspecified atom stereocenters. The molecule has 0 saturated carbocycles. The van der Waals surface area contributed by atoms with E-state index >= 15 is 0 Å². The van der Waals surface area contributed by atoms with E-state index in [0.717, 1.165) is 33.4 Å². The largest absolute Gasteiger partial charge is 0.298 e. The fraction of sp³-hybridized carbons (Fsp3) is 0. The molecule has 0 fully saturated rings. The van der Waals surface area contributed by atoms with Crippen molar-refractivity contribution in [2.75, 3.05) is 0 Å². The highest BCUT2D eigenvalue weighted by atomic mass is 16.1. The Bertz CT molecular complexity index is 629. The highest BCUT2D eigenvalue weighted by Crippen LogP contribution is 2.26. The van der Waals surface area contributed by atoms with Crippen LogP contribution in [-0.4, -0.2) is 6.29 Å². The number of hydrogen-bond donors (Lipinski definition) is 0. The molecule has 0 aliphatic rings. The van der Waals surface area contributed by atoms with Gasteiger partial charge in [0.05, 0.1) is 0 Å². The lowest BCUT2D eigenvalue weighted by Gasteiger charge is -2.05. The molecule has 0 aliphatic carbocycles. The summed E-state index contributed by atoms with van der Waals surface area (Å²) in [6.45, 7) is 0. The predicted octanol–water partition coefficient (Wildman–Crippen LogP) is 3.61. The number of fused-ring (bicyclic) bond motifs is 2. The van der Waals surface area contributed by atoms with Gasteiger partial charge < -0.3 is 0 Å². The lowest BCUT2D eigenvalue weighted by molar-refractivity contribution is 0.112. The van der Waals surface area contributed by atoms with Gasteiger partial charge in [-0.1, -0.05) is 36.4 Å². The van der Waals surface area contributed by atoms with Crippen molar-refractivity contribution in [3.63, 3.8) is 0 Å². The summed E-state index contributed by atoms with van der Waals surface area (Å²) >= 11 is 0. The van der Waals surface area contributed by atoms with Crippen molar-refractivity contribution in [3.8, 4) is 0 Å². The molecule has 75 valence electrons. The zero-order valence-electron chi connectivity index (χ0n) is 8.60. The summed E-state index contributed by atoms with van der Waals surface area (Å²) < 4.78 is 0. The third-order valence-electron chi connectivity index (χ3n) is 2.87. The van der Waals surface area contributed by atoms with Gasteiger partial charge in [0, 0.05) is 5.56 Å². The van der Waals surface area contributed by atoms with Crippen molar-refractivity contribution < 1.29 is 4.79 Å². The van der Waals surface area contributed by atoms with Crippen LogP contribution in [0.4, 0.5) is 0 Å². The van der Waals surface area contributed by atoms with Gasteiger partial charge in [0.25, 0.3) is 0 Å². The van der Waals surface area contributed by atoms with Crippen LogP contribution in [0.15, 0.2) is 48.5 Å². The molecule has 0 heterocycles. The summed E-state index contributed by atoms with van der Waals surface area (Å²) in [5, 5.41) is 4.16. The summed E-state index contributed by atoms with van der Waals surface area (Å²) in [4.78, 5) is 11.2. The van der Waals surface area contributed by atoms with Crippen LogP contribution in [0, 0.1) is 6.07 Å². The van der Waals surface area contributed by atoms with Gasteiger partial charge in [-0.25, -0.2) is 0 Å². The van der Waals surface area contributed by atoms with Crippen LogP contribution in [-0.2, 0) is 0 Å². The smallest absolute Gasteiger partial charge is 0.151 e. The SMILES string of the molecule is O=Cc1c2cc[c]cc2cc2ccccc12. The first-order chi connectivity index (χ1) is 7.90. The Hall–Kier alpha value is -2.15. The van der Waals surface area contributed by atoms with E-state index in [-0.39, 0.29) is 0 Å². The molecule has 1 radical (unpaired) electrons. The van der Waals surface area contributed by atoms with Crippen LogP contribution in [0.1, 0.15) is 10.4 Å². The highest BCUT2D eigenvalue weighted by molar-refractivity contribution is 6.12. The maximum atomic E-state index is 11.2. The zero-order valence-corrected chi connectivity index (χ0v) is 8.60. The van der Waals surface area contributed by atoms with Crippen molar-refractivity contribution >= 4 is 27.8 Å². The lowest BCUT2D eigenvalue weighted by Crippen LogP contribution is -1.86. The van der Waals surface area contributed by atoms with Gasteiger partial charge in [-0.05, 0) is 39.7 Å². The second-order valence-corrected chi connectivity index (χ2v) is 3.78. The first-order valence-corrected chi connectivity index (χ1v) is 5.17. The monoisotopic (exact) mass is 205 g/mol. The first kappa shape index (κ1) is 9.10. The van der Waals surface area contributed by atoms with Gasteiger partial charge in [0.15, 0.2) is 6.29 Å². The lowest BCUT2D eigenvalue weighted by atomic mass is 9.98. The molecule has 1 heteroatoms. The molecule has 3 aromatic rings. The first-order valence-electron chi connectivity index (χ1n) is 5.17. The topological polar surface area (TPSA) is 17.1 Å². The Kier molecular flexibility index (Phi) is 1.97. The zero-order chi connectivity index (χ0) is 11.0. The summed E-state index contributed by atoms with van der Waals surface area (Å²) in [5.74, 6) is 0. The summed E-state index contributed by atoms with van der Waals surface area (Å²) in [5.41, 5.74) is 0.766. The number of carbonyl (C=O) groups is 1. The molecule has 0 atom stereocenters. The van der Waals surface area contributed by atoms with E-state index in [4.69, 9.17) is 0 Å². The fourth-order valence-corrected chi connectivity index (χ4v) is 2.12. The molecule has 0 aromatic heterocycles. The van der Waals surface area contributed by atoms with Gasteiger partial charge in [-0.3, -0.25) is 4.79 Å².